The van der Waals surface area contributed by atoms with Gasteiger partial charge >= 0.3 is 6.01 Å². The van der Waals surface area contributed by atoms with Gasteiger partial charge in [0.05, 0.1) is 6.61 Å². The highest BCUT2D eigenvalue weighted by Crippen LogP contribution is 2.19. The van der Waals surface area contributed by atoms with Crippen LogP contribution in [0.2, 0.25) is 5.28 Å². The van der Waals surface area contributed by atoms with Crippen LogP contribution in [-0.2, 0) is 4.74 Å². The Bertz CT molecular complexity index is 399. The average Bonchev–Trinajstić information content (AvgIpc) is 2.44. The van der Waals surface area contributed by atoms with Crippen LogP contribution in [0.1, 0.15) is 25.7 Å². The molecule has 0 spiro atoms. The van der Waals surface area contributed by atoms with E-state index in [9.17, 15) is 0 Å². The Morgan fingerprint density at radius 1 is 1.11 bits per heavy atom. The predicted octanol–water partition coefficient (Wildman–Crippen LogP) is 1.93. The molecule has 0 saturated carbocycles. The number of piperidine rings is 1. The molecule has 0 bridgehead atoms. The van der Waals surface area contributed by atoms with Crippen molar-refractivity contribution in [3.63, 3.8) is 0 Å². The van der Waals surface area contributed by atoms with Gasteiger partial charge < -0.3 is 14.4 Å². The van der Waals surface area contributed by atoms with Crippen molar-refractivity contribution in [2.24, 2.45) is 0 Å². The Morgan fingerprint density at radius 2 is 1.89 bits per heavy atom. The molecular weight excluding hydrogens is 268 g/mol. The van der Waals surface area contributed by atoms with Crippen LogP contribution in [0.3, 0.4) is 0 Å². The smallest absolute Gasteiger partial charge is 0.322 e. The van der Waals surface area contributed by atoms with Crippen LogP contribution in [0, 0.1) is 0 Å². The van der Waals surface area contributed by atoms with Crippen molar-refractivity contribution in [1.82, 2.24) is 15.0 Å². The van der Waals surface area contributed by atoms with E-state index in [2.05, 4.69) is 19.9 Å². The standard InChI is InChI=1S/C12H19ClN4O2/c1-18-8-5-9-19-12-15-10(13)14-11(16-12)17-6-3-2-4-7-17/h2-9H2,1H3. The summed E-state index contributed by atoms with van der Waals surface area (Å²) < 4.78 is 10.4. The lowest BCUT2D eigenvalue weighted by atomic mass is 10.1. The molecule has 0 amide bonds. The Labute approximate surface area is 118 Å². The Morgan fingerprint density at radius 3 is 2.63 bits per heavy atom. The number of anilines is 1. The molecule has 1 saturated heterocycles. The van der Waals surface area contributed by atoms with Gasteiger partial charge in [0.2, 0.25) is 11.2 Å². The summed E-state index contributed by atoms with van der Waals surface area (Å²) in [4.78, 5) is 14.6. The van der Waals surface area contributed by atoms with Gasteiger partial charge in [-0.05, 0) is 30.9 Å². The van der Waals surface area contributed by atoms with Crippen molar-refractivity contribution >= 4 is 17.5 Å². The van der Waals surface area contributed by atoms with Gasteiger partial charge in [-0.3, -0.25) is 0 Å². The van der Waals surface area contributed by atoms with Crippen molar-refractivity contribution < 1.29 is 9.47 Å². The van der Waals surface area contributed by atoms with Crippen molar-refractivity contribution in [2.75, 3.05) is 38.3 Å². The lowest BCUT2D eigenvalue weighted by Gasteiger charge is -2.26. The molecule has 6 nitrogen and oxygen atoms in total. The predicted molar refractivity (Wildman–Crippen MR) is 72.9 cm³/mol. The molecule has 2 rings (SSSR count). The van der Waals surface area contributed by atoms with Gasteiger partial charge in [-0.25, -0.2) is 0 Å². The number of rotatable bonds is 6. The van der Waals surface area contributed by atoms with E-state index in [0.29, 0.717) is 19.2 Å². The highest BCUT2D eigenvalue weighted by Gasteiger charge is 2.16. The van der Waals surface area contributed by atoms with E-state index >= 15 is 0 Å². The van der Waals surface area contributed by atoms with Crippen LogP contribution in [0.5, 0.6) is 6.01 Å². The van der Waals surface area contributed by atoms with E-state index in [0.717, 1.165) is 32.4 Å². The number of methoxy groups -OCH3 is 1. The first kappa shape index (κ1) is 14.3. The minimum absolute atomic E-state index is 0.178. The van der Waals surface area contributed by atoms with Gasteiger partial charge in [0.25, 0.3) is 0 Å². The van der Waals surface area contributed by atoms with E-state index in [4.69, 9.17) is 21.1 Å². The van der Waals surface area contributed by atoms with Crippen molar-refractivity contribution in [2.45, 2.75) is 25.7 Å². The normalized spacial score (nSPS) is 15.6. The molecule has 106 valence electrons. The number of halogens is 1. The SMILES string of the molecule is COCCCOc1nc(Cl)nc(N2CCCCC2)n1. The average molecular weight is 287 g/mol. The quantitative estimate of drug-likeness (QED) is 0.745. The van der Waals surface area contributed by atoms with Crippen LogP contribution in [0.15, 0.2) is 0 Å². The molecule has 19 heavy (non-hydrogen) atoms. The molecule has 0 aromatic carbocycles. The minimum atomic E-state index is 0.178. The van der Waals surface area contributed by atoms with Gasteiger partial charge in [-0.15, -0.1) is 0 Å². The maximum atomic E-state index is 5.92. The van der Waals surface area contributed by atoms with Crippen LogP contribution < -0.4 is 9.64 Å². The highest BCUT2D eigenvalue weighted by atomic mass is 35.5. The molecule has 0 aliphatic carbocycles. The maximum absolute atomic E-state index is 5.92. The third-order valence-electron chi connectivity index (χ3n) is 2.94. The Balaban J connectivity index is 1.97. The number of nitrogens with zero attached hydrogens (tertiary/aromatic N) is 4. The van der Waals surface area contributed by atoms with Crippen LogP contribution in [0.25, 0.3) is 0 Å². The van der Waals surface area contributed by atoms with E-state index in [1.54, 1.807) is 7.11 Å². The molecule has 1 aromatic rings. The van der Waals surface area contributed by atoms with E-state index in [1.165, 1.54) is 6.42 Å². The Hall–Kier alpha value is -1.14. The van der Waals surface area contributed by atoms with Crippen LogP contribution >= 0.6 is 11.6 Å². The van der Waals surface area contributed by atoms with E-state index in [-0.39, 0.29) is 11.3 Å². The highest BCUT2D eigenvalue weighted by molar-refractivity contribution is 6.28. The second kappa shape index (κ2) is 7.45. The summed E-state index contributed by atoms with van der Waals surface area (Å²) in [5, 5.41) is 0.178. The molecule has 1 aliphatic rings. The van der Waals surface area contributed by atoms with Gasteiger partial charge in [0.15, 0.2) is 0 Å². The van der Waals surface area contributed by atoms with Crippen molar-refractivity contribution in [3.8, 4) is 6.01 Å². The first-order valence-corrected chi connectivity index (χ1v) is 6.95. The zero-order valence-corrected chi connectivity index (χ0v) is 11.9. The number of hydrogen-bond acceptors (Lipinski definition) is 6. The molecular formula is C12H19ClN4O2. The van der Waals surface area contributed by atoms with Gasteiger partial charge in [0.1, 0.15) is 0 Å². The molecule has 1 fully saturated rings. The zero-order valence-electron chi connectivity index (χ0n) is 11.1. The minimum Gasteiger partial charge on any atom is -0.463 e. The summed E-state index contributed by atoms with van der Waals surface area (Å²) in [6, 6.07) is 0.289. The summed E-state index contributed by atoms with van der Waals surface area (Å²) in [5.74, 6) is 0.612. The summed E-state index contributed by atoms with van der Waals surface area (Å²) in [7, 11) is 1.66. The number of hydrogen-bond donors (Lipinski definition) is 0. The van der Waals surface area contributed by atoms with Crippen LogP contribution in [-0.4, -0.2) is 48.4 Å². The first-order chi connectivity index (χ1) is 9.29. The molecule has 1 aliphatic heterocycles. The monoisotopic (exact) mass is 286 g/mol. The largest absolute Gasteiger partial charge is 0.463 e. The topological polar surface area (TPSA) is 60.4 Å². The molecule has 0 radical (unpaired) electrons. The molecule has 0 atom stereocenters. The second-order valence-corrected chi connectivity index (χ2v) is 4.77. The fourth-order valence-electron chi connectivity index (χ4n) is 1.99. The second-order valence-electron chi connectivity index (χ2n) is 4.43. The van der Waals surface area contributed by atoms with Crippen molar-refractivity contribution in [1.29, 1.82) is 0 Å². The number of ether oxygens (including phenoxy) is 2. The molecule has 7 heteroatoms. The fraction of sp³-hybridized carbons (Fsp3) is 0.750. The third kappa shape index (κ3) is 4.47. The lowest BCUT2D eigenvalue weighted by Crippen LogP contribution is -2.31. The maximum Gasteiger partial charge on any atom is 0.322 e. The van der Waals surface area contributed by atoms with Crippen molar-refractivity contribution in [3.05, 3.63) is 5.28 Å². The summed E-state index contributed by atoms with van der Waals surface area (Å²) in [6.07, 6.45) is 4.37. The van der Waals surface area contributed by atoms with Crippen LogP contribution in [0.4, 0.5) is 5.95 Å². The van der Waals surface area contributed by atoms with Gasteiger partial charge in [0, 0.05) is 33.2 Å². The third-order valence-corrected chi connectivity index (χ3v) is 3.11. The summed E-state index contributed by atoms with van der Waals surface area (Å²) >= 11 is 5.92. The van der Waals surface area contributed by atoms with E-state index in [1.807, 2.05) is 0 Å². The summed E-state index contributed by atoms with van der Waals surface area (Å²) in [6.45, 7) is 3.08. The molecule has 0 N–H and O–H groups in total. The van der Waals surface area contributed by atoms with E-state index < -0.39 is 0 Å². The summed E-state index contributed by atoms with van der Waals surface area (Å²) in [5.41, 5.74) is 0. The molecule has 1 aromatic heterocycles. The molecule has 2 heterocycles. The Kier molecular flexibility index (Phi) is 5.60. The fourth-order valence-corrected chi connectivity index (χ4v) is 2.14. The zero-order chi connectivity index (χ0) is 13.5. The molecule has 0 unspecified atom stereocenters. The lowest BCUT2D eigenvalue weighted by molar-refractivity contribution is 0.168. The number of aromatic nitrogens is 3. The van der Waals surface area contributed by atoms with Gasteiger partial charge in [-0.2, -0.15) is 15.0 Å². The van der Waals surface area contributed by atoms with Gasteiger partial charge in [-0.1, -0.05) is 0 Å². The first-order valence-electron chi connectivity index (χ1n) is 6.58.